The van der Waals surface area contributed by atoms with Gasteiger partial charge in [-0.2, -0.15) is 0 Å². The molecule has 0 amide bonds. The average molecular weight is 219 g/mol. The average Bonchev–Trinajstić information content (AvgIpc) is 2.78. The van der Waals surface area contributed by atoms with Crippen LogP contribution in [-0.2, 0) is 0 Å². The van der Waals surface area contributed by atoms with Crippen molar-refractivity contribution in [2.45, 2.75) is 13.0 Å². The molecular formula is C11H13N3O2. The Morgan fingerprint density at radius 3 is 2.94 bits per heavy atom. The van der Waals surface area contributed by atoms with Crippen LogP contribution < -0.4 is 4.74 Å². The Balaban J connectivity index is 2.46. The lowest BCUT2D eigenvalue weighted by molar-refractivity contribution is 0.191. The minimum atomic E-state index is -0.610. The highest BCUT2D eigenvalue weighted by atomic mass is 16.5. The molecule has 5 nitrogen and oxygen atoms in total. The van der Waals surface area contributed by atoms with Gasteiger partial charge in [0.05, 0.1) is 30.8 Å². The van der Waals surface area contributed by atoms with E-state index in [0.29, 0.717) is 5.69 Å². The fourth-order valence-corrected chi connectivity index (χ4v) is 1.47. The van der Waals surface area contributed by atoms with Gasteiger partial charge < -0.3 is 9.84 Å². The van der Waals surface area contributed by atoms with Crippen molar-refractivity contribution in [1.29, 1.82) is 0 Å². The highest BCUT2D eigenvalue weighted by Crippen LogP contribution is 2.19. The zero-order chi connectivity index (χ0) is 11.5. The van der Waals surface area contributed by atoms with Crippen molar-refractivity contribution < 1.29 is 9.84 Å². The SMILES string of the molecule is COc1cccc(-n2nncc2C(C)O)c1. The Morgan fingerprint density at radius 1 is 1.44 bits per heavy atom. The molecule has 5 heteroatoms. The quantitative estimate of drug-likeness (QED) is 0.846. The summed E-state index contributed by atoms with van der Waals surface area (Å²) in [5.41, 5.74) is 1.46. The van der Waals surface area contributed by atoms with Gasteiger partial charge in [0.15, 0.2) is 0 Å². The van der Waals surface area contributed by atoms with E-state index < -0.39 is 6.10 Å². The Labute approximate surface area is 93.3 Å². The minimum absolute atomic E-state index is 0.610. The molecule has 1 unspecified atom stereocenters. The summed E-state index contributed by atoms with van der Waals surface area (Å²) < 4.78 is 6.72. The van der Waals surface area contributed by atoms with Gasteiger partial charge in [-0.25, -0.2) is 4.68 Å². The summed E-state index contributed by atoms with van der Waals surface area (Å²) in [6.45, 7) is 1.68. The Bertz CT molecular complexity index is 480. The third-order valence-corrected chi connectivity index (χ3v) is 2.30. The van der Waals surface area contributed by atoms with Crippen molar-refractivity contribution in [3.63, 3.8) is 0 Å². The van der Waals surface area contributed by atoms with Gasteiger partial charge in [-0.05, 0) is 19.1 Å². The second-order valence-corrected chi connectivity index (χ2v) is 3.45. The number of nitrogens with zero attached hydrogens (tertiary/aromatic N) is 3. The van der Waals surface area contributed by atoms with Gasteiger partial charge in [0.1, 0.15) is 5.75 Å². The molecule has 1 aromatic carbocycles. The lowest BCUT2D eigenvalue weighted by Crippen LogP contribution is -2.05. The van der Waals surface area contributed by atoms with Gasteiger partial charge >= 0.3 is 0 Å². The molecule has 2 rings (SSSR count). The van der Waals surface area contributed by atoms with Crippen LogP contribution in [0.15, 0.2) is 30.5 Å². The number of rotatable bonds is 3. The molecule has 0 radical (unpaired) electrons. The van der Waals surface area contributed by atoms with E-state index in [9.17, 15) is 5.11 Å². The number of ether oxygens (including phenoxy) is 1. The number of aromatic nitrogens is 3. The molecule has 1 aromatic heterocycles. The van der Waals surface area contributed by atoms with Crippen molar-refractivity contribution >= 4 is 0 Å². The first-order valence-electron chi connectivity index (χ1n) is 4.95. The first kappa shape index (κ1) is 10.6. The van der Waals surface area contributed by atoms with E-state index in [1.165, 1.54) is 0 Å². The molecule has 16 heavy (non-hydrogen) atoms. The van der Waals surface area contributed by atoms with Crippen LogP contribution in [0.25, 0.3) is 5.69 Å². The van der Waals surface area contributed by atoms with E-state index >= 15 is 0 Å². The predicted octanol–water partition coefficient (Wildman–Crippen LogP) is 1.33. The fourth-order valence-electron chi connectivity index (χ4n) is 1.47. The largest absolute Gasteiger partial charge is 0.497 e. The van der Waals surface area contributed by atoms with Crippen LogP contribution in [0.3, 0.4) is 0 Å². The van der Waals surface area contributed by atoms with Gasteiger partial charge in [0.2, 0.25) is 0 Å². The van der Waals surface area contributed by atoms with Gasteiger partial charge in [-0.3, -0.25) is 0 Å². The van der Waals surface area contributed by atoms with Crippen molar-refractivity contribution in [1.82, 2.24) is 15.0 Å². The topological polar surface area (TPSA) is 60.2 Å². The maximum atomic E-state index is 9.55. The Hall–Kier alpha value is -1.88. The van der Waals surface area contributed by atoms with Crippen molar-refractivity contribution in [3.8, 4) is 11.4 Å². The van der Waals surface area contributed by atoms with Gasteiger partial charge in [0.25, 0.3) is 0 Å². The van der Waals surface area contributed by atoms with Crippen LogP contribution in [0.4, 0.5) is 0 Å². The number of aliphatic hydroxyl groups is 1. The van der Waals surface area contributed by atoms with Gasteiger partial charge in [0, 0.05) is 6.07 Å². The van der Waals surface area contributed by atoms with E-state index in [4.69, 9.17) is 4.74 Å². The lowest BCUT2D eigenvalue weighted by Gasteiger charge is -2.09. The van der Waals surface area contributed by atoms with E-state index in [-0.39, 0.29) is 0 Å². The number of benzene rings is 1. The molecule has 0 spiro atoms. The molecule has 0 saturated heterocycles. The second-order valence-electron chi connectivity index (χ2n) is 3.45. The normalized spacial score (nSPS) is 12.4. The van der Waals surface area contributed by atoms with Crippen LogP contribution in [0, 0.1) is 0 Å². The summed E-state index contributed by atoms with van der Waals surface area (Å²) in [7, 11) is 1.61. The first-order chi connectivity index (χ1) is 7.72. The summed E-state index contributed by atoms with van der Waals surface area (Å²) in [6, 6.07) is 7.42. The highest BCUT2D eigenvalue weighted by molar-refractivity contribution is 5.39. The number of aliphatic hydroxyl groups excluding tert-OH is 1. The summed E-state index contributed by atoms with van der Waals surface area (Å²) >= 11 is 0. The smallest absolute Gasteiger partial charge is 0.121 e. The molecule has 84 valence electrons. The third-order valence-electron chi connectivity index (χ3n) is 2.30. The molecule has 1 N–H and O–H groups in total. The number of hydrogen-bond acceptors (Lipinski definition) is 4. The number of methoxy groups -OCH3 is 1. The van der Waals surface area contributed by atoms with E-state index in [2.05, 4.69) is 10.3 Å². The minimum Gasteiger partial charge on any atom is -0.497 e. The molecule has 0 aliphatic rings. The lowest BCUT2D eigenvalue weighted by atomic mass is 10.2. The molecule has 0 aliphatic carbocycles. The van der Waals surface area contributed by atoms with Gasteiger partial charge in [-0.1, -0.05) is 11.3 Å². The Kier molecular flexibility index (Phi) is 2.87. The standard InChI is InChI=1S/C11H13N3O2/c1-8(15)11-7-12-13-14(11)9-4-3-5-10(6-9)16-2/h3-8,15H,1-2H3. The third kappa shape index (κ3) is 1.90. The van der Waals surface area contributed by atoms with Crippen LogP contribution in [-0.4, -0.2) is 27.2 Å². The fraction of sp³-hybridized carbons (Fsp3) is 0.273. The molecular weight excluding hydrogens is 206 g/mol. The maximum absolute atomic E-state index is 9.55. The van der Waals surface area contributed by atoms with Crippen LogP contribution in [0.1, 0.15) is 18.7 Å². The predicted molar refractivity (Wildman–Crippen MR) is 58.5 cm³/mol. The number of hydrogen-bond donors (Lipinski definition) is 1. The monoisotopic (exact) mass is 219 g/mol. The van der Waals surface area contributed by atoms with Crippen molar-refractivity contribution in [2.75, 3.05) is 7.11 Å². The first-order valence-corrected chi connectivity index (χ1v) is 4.95. The molecule has 0 bridgehead atoms. The van der Waals surface area contributed by atoms with E-state index in [1.807, 2.05) is 24.3 Å². The van der Waals surface area contributed by atoms with Crippen LogP contribution in [0.2, 0.25) is 0 Å². The maximum Gasteiger partial charge on any atom is 0.121 e. The van der Waals surface area contributed by atoms with Gasteiger partial charge in [-0.15, -0.1) is 5.10 Å². The van der Waals surface area contributed by atoms with E-state index in [0.717, 1.165) is 11.4 Å². The van der Waals surface area contributed by atoms with Crippen LogP contribution in [0.5, 0.6) is 5.75 Å². The summed E-state index contributed by atoms with van der Waals surface area (Å²) in [6.07, 6.45) is 0.936. The summed E-state index contributed by atoms with van der Waals surface area (Å²) in [5, 5.41) is 17.3. The van der Waals surface area contributed by atoms with Crippen LogP contribution >= 0.6 is 0 Å². The molecule has 0 aliphatic heterocycles. The molecule has 2 aromatic rings. The van der Waals surface area contributed by atoms with Crippen molar-refractivity contribution in [2.24, 2.45) is 0 Å². The molecule has 1 atom stereocenters. The zero-order valence-corrected chi connectivity index (χ0v) is 9.16. The Morgan fingerprint density at radius 2 is 2.25 bits per heavy atom. The molecule has 0 saturated carbocycles. The zero-order valence-electron chi connectivity index (χ0n) is 9.16. The van der Waals surface area contributed by atoms with E-state index in [1.54, 1.807) is 24.9 Å². The van der Waals surface area contributed by atoms with Crippen molar-refractivity contribution in [3.05, 3.63) is 36.2 Å². The summed E-state index contributed by atoms with van der Waals surface area (Å²) in [4.78, 5) is 0. The molecule has 0 fully saturated rings. The summed E-state index contributed by atoms with van der Waals surface area (Å²) in [5.74, 6) is 0.740. The highest BCUT2D eigenvalue weighted by Gasteiger charge is 2.11. The second kappa shape index (κ2) is 4.32. The molecule has 1 heterocycles.